The average molecular weight is 416 g/mol. The Balaban J connectivity index is 1.41. The maximum absolute atomic E-state index is 13.1. The molecule has 0 radical (unpaired) electrons. The second-order valence-electron chi connectivity index (χ2n) is 9.04. The molecule has 1 saturated heterocycles. The zero-order valence-electron chi connectivity index (χ0n) is 18.0. The van der Waals surface area contributed by atoms with Crippen LogP contribution in [0.2, 0.25) is 0 Å². The smallest absolute Gasteiger partial charge is 0.255 e. The third kappa shape index (κ3) is 3.85. The summed E-state index contributed by atoms with van der Waals surface area (Å²) in [4.78, 5) is 31.6. The molecular weight excluding hydrogens is 386 g/mol. The molecule has 1 aliphatic carbocycles. The van der Waals surface area contributed by atoms with Crippen LogP contribution in [0.1, 0.15) is 64.6 Å². The number of likely N-dealkylation sites (tertiary alicyclic amines) is 1. The monoisotopic (exact) mass is 415 g/mol. The molecule has 0 spiro atoms. The molecule has 31 heavy (non-hydrogen) atoms. The number of para-hydroxylation sites is 1. The molecule has 1 atom stereocenters. The van der Waals surface area contributed by atoms with Gasteiger partial charge in [-0.25, -0.2) is 0 Å². The van der Waals surface area contributed by atoms with Crippen molar-refractivity contribution in [1.82, 2.24) is 9.88 Å². The number of fused-ring (bicyclic) bond motifs is 3. The van der Waals surface area contributed by atoms with E-state index in [-0.39, 0.29) is 11.8 Å². The Labute approximate surface area is 182 Å². The summed E-state index contributed by atoms with van der Waals surface area (Å²) in [7, 11) is 0. The normalized spacial score (nSPS) is 18.6. The number of anilines is 1. The molecule has 0 unspecified atom stereocenters. The molecule has 5 nitrogen and oxygen atoms in total. The topological polar surface area (TPSA) is 65.2 Å². The Hall–Kier alpha value is -3.08. The number of nitrogens with zero attached hydrogens (tertiary/aromatic N) is 1. The number of aryl methyl sites for hydroxylation is 1. The van der Waals surface area contributed by atoms with Crippen LogP contribution in [0.4, 0.5) is 5.69 Å². The van der Waals surface area contributed by atoms with E-state index in [2.05, 4.69) is 17.2 Å². The van der Waals surface area contributed by atoms with E-state index in [1.165, 1.54) is 24.1 Å². The van der Waals surface area contributed by atoms with Crippen LogP contribution >= 0.6 is 0 Å². The highest BCUT2D eigenvalue weighted by atomic mass is 16.2. The van der Waals surface area contributed by atoms with Crippen LogP contribution in [0.5, 0.6) is 0 Å². The fourth-order valence-electron chi connectivity index (χ4n) is 4.97. The molecule has 5 rings (SSSR count). The van der Waals surface area contributed by atoms with Gasteiger partial charge in [0, 0.05) is 35.2 Å². The second kappa shape index (κ2) is 8.22. The van der Waals surface area contributed by atoms with E-state index < -0.39 is 0 Å². The quantitative estimate of drug-likeness (QED) is 0.620. The maximum Gasteiger partial charge on any atom is 0.255 e. The summed E-state index contributed by atoms with van der Waals surface area (Å²) in [5.41, 5.74) is 5.51. The van der Waals surface area contributed by atoms with E-state index in [1.54, 1.807) is 6.07 Å². The van der Waals surface area contributed by atoms with Gasteiger partial charge in [0.25, 0.3) is 11.8 Å². The van der Waals surface area contributed by atoms with Crippen LogP contribution in [0.25, 0.3) is 10.9 Å². The first kappa shape index (κ1) is 19.9. The maximum atomic E-state index is 13.1. The number of aromatic nitrogens is 1. The minimum Gasteiger partial charge on any atom is -0.358 e. The van der Waals surface area contributed by atoms with E-state index in [9.17, 15) is 9.59 Å². The first-order valence-electron chi connectivity index (χ1n) is 11.4. The molecule has 160 valence electrons. The van der Waals surface area contributed by atoms with Crippen molar-refractivity contribution in [2.75, 3.05) is 18.4 Å². The molecule has 2 aromatic carbocycles. The number of hydrogen-bond acceptors (Lipinski definition) is 2. The molecular formula is C26H29N3O2. The number of carbonyl (C=O) groups excluding carboxylic acids is 2. The summed E-state index contributed by atoms with van der Waals surface area (Å²) in [6.07, 6.45) is 6.58. The Bertz CT molecular complexity index is 1140. The van der Waals surface area contributed by atoms with Gasteiger partial charge in [-0.15, -0.1) is 0 Å². The lowest BCUT2D eigenvalue weighted by atomic mass is 9.87. The minimum atomic E-state index is -0.181. The van der Waals surface area contributed by atoms with Gasteiger partial charge in [0.15, 0.2) is 0 Å². The lowest BCUT2D eigenvalue weighted by molar-refractivity contribution is 0.0725. The molecule has 2 aliphatic rings. The zero-order chi connectivity index (χ0) is 21.4. The average Bonchev–Trinajstić information content (AvgIpc) is 3.16. The van der Waals surface area contributed by atoms with Gasteiger partial charge >= 0.3 is 0 Å². The van der Waals surface area contributed by atoms with Crippen molar-refractivity contribution in [1.29, 1.82) is 0 Å². The third-order valence-electron chi connectivity index (χ3n) is 6.75. The Kier molecular flexibility index (Phi) is 5.26. The van der Waals surface area contributed by atoms with Crippen molar-refractivity contribution in [2.24, 2.45) is 5.92 Å². The third-order valence-corrected chi connectivity index (χ3v) is 6.75. The minimum absolute atomic E-state index is 0.000237. The van der Waals surface area contributed by atoms with Gasteiger partial charge in [0.2, 0.25) is 0 Å². The summed E-state index contributed by atoms with van der Waals surface area (Å²) in [6.45, 7) is 3.86. The van der Waals surface area contributed by atoms with Crippen molar-refractivity contribution < 1.29 is 9.59 Å². The number of amides is 2. The molecule has 3 aromatic rings. The summed E-state index contributed by atoms with van der Waals surface area (Å²) in [5.74, 6) is 0.482. The van der Waals surface area contributed by atoms with Gasteiger partial charge < -0.3 is 15.2 Å². The SMILES string of the molecule is C[C@@H]1CCc2[nH]c3ccc(C(=O)Nc4ccccc4C(=O)N4CCCCC4)cc3c2C1. The largest absolute Gasteiger partial charge is 0.358 e. The van der Waals surface area contributed by atoms with Crippen LogP contribution in [0, 0.1) is 5.92 Å². The van der Waals surface area contributed by atoms with Crippen LogP contribution in [-0.4, -0.2) is 34.8 Å². The summed E-state index contributed by atoms with van der Waals surface area (Å²) < 4.78 is 0. The molecule has 0 bridgehead atoms. The fourth-order valence-corrected chi connectivity index (χ4v) is 4.97. The summed E-state index contributed by atoms with van der Waals surface area (Å²) in [5, 5.41) is 4.14. The lowest BCUT2D eigenvalue weighted by Gasteiger charge is -2.27. The van der Waals surface area contributed by atoms with Gasteiger partial charge in [0.05, 0.1) is 11.3 Å². The molecule has 5 heteroatoms. The number of H-pyrrole nitrogens is 1. The van der Waals surface area contributed by atoms with Gasteiger partial charge in [-0.1, -0.05) is 19.1 Å². The van der Waals surface area contributed by atoms with E-state index in [0.29, 0.717) is 22.7 Å². The van der Waals surface area contributed by atoms with Crippen LogP contribution in [0.15, 0.2) is 42.5 Å². The Morgan fingerprint density at radius 3 is 2.71 bits per heavy atom. The van der Waals surface area contributed by atoms with Crippen molar-refractivity contribution in [2.45, 2.75) is 45.4 Å². The van der Waals surface area contributed by atoms with Crippen molar-refractivity contribution in [3.05, 3.63) is 64.8 Å². The van der Waals surface area contributed by atoms with E-state index >= 15 is 0 Å². The van der Waals surface area contributed by atoms with Crippen molar-refractivity contribution in [3.8, 4) is 0 Å². The van der Waals surface area contributed by atoms with Crippen LogP contribution < -0.4 is 5.32 Å². The molecule has 1 aromatic heterocycles. The molecule has 2 N–H and O–H groups in total. The van der Waals surface area contributed by atoms with Gasteiger partial charge in [0.1, 0.15) is 0 Å². The summed E-state index contributed by atoms with van der Waals surface area (Å²) in [6, 6.07) is 13.2. The van der Waals surface area contributed by atoms with E-state index in [0.717, 1.165) is 49.7 Å². The molecule has 0 saturated carbocycles. The second-order valence-corrected chi connectivity index (χ2v) is 9.04. The van der Waals surface area contributed by atoms with Gasteiger partial charge in [-0.05, 0) is 80.3 Å². The lowest BCUT2D eigenvalue weighted by Crippen LogP contribution is -2.36. The number of nitrogens with one attached hydrogen (secondary N) is 2. The highest BCUT2D eigenvalue weighted by Crippen LogP contribution is 2.32. The fraction of sp³-hybridized carbons (Fsp3) is 0.385. The molecule has 2 heterocycles. The van der Waals surface area contributed by atoms with Crippen molar-refractivity contribution in [3.63, 3.8) is 0 Å². The number of benzene rings is 2. The summed E-state index contributed by atoms with van der Waals surface area (Å²) >= 11 is 0. The predicted molar refractivity (Wildman–Crippen MR) is 124 cm³/mol. The Morgan fingerprint density at radius 2 is 1.87 bits per heavy atom. The highest BCUT2D eigenvalue weighted by molar-refractivity contribution is 6.10. The van der Waals surface area contributed by atoms with Crippen molar-refractivity contribution >= 4 is 28.4 Å². The highest BCUT2D eigenvalue weighted by Gasteiger charge is 2.23. The number of hydrogen-bond donors (Lipinski definition) is 2. The number of carbonyl (C=O) groups is 2. The van der Waals surface area contributed by atoms with Gasteiger partial charge in [-0.2, -0.15) is 0 Å². The van der Waals surface area contributed by atoms with E-state index in [4.69, 9.17) is 0 Å². The zero-order valence-corrected chi connectivity index (χ0v) is 18.0. The molecule has 1 aliphatic heterocycles. The molecule has 1 fully saturated rings. The predicted octanol–water partition coefficient (Wildman–Crippen LogP) is 5.17. The van der Waals surface area contributed by atoms with Gasteiger partial charge in [-0.3, -0.25) is 9.59 Å². The number of aromatic amines is 1. The number of rotatable bonds is 3. The Morgan fingerprint density at radius 1 is 1.06 bits per heavy atom. The van der Waals surface area contributed by atoms with E-state index in [1.807, 2.05) is 41.3 Å². The standard InChI is InChI=1S/C26H29N3O2/c1-17-9-11-23-20(15-17)21-16-18(10-12-24(21)27-23)25(30)28-22-8-4-3-7-19(22)26(31)29-13-5-2-6-14-29/h3-4,7-8,10,12,16-17,27H,2,5-6,9,11,13-15H2,1H3,(H,28,30)/t17-/m1/s1. The van der Waals surface area contributed by atoms with Crippen LogP contribution in [-0.2, 0) is 12.8 Å². The first-order valence-corrected chi connectivity index (χ1v) is 11.4. The first-order chi connectivity index (χ1) is 15.1. The van der Waals surface area contributed by atoms with Crippen LogP contribution in [0.3, 0.4) is 0 Å². The molecule has 2 amide bonds. The number of piperidine rings is 1.